The highest BCUT2D eigenvalue weighted by atomic mass is 19.1. The Kier molecular flexibility index (Phi) is 6.39. The van der Waals surface area contributed by atoms with Crippen molar-refractivity contribution in [2.24, 2.45) is 0 Å². The van der Waals surface area contributed by atoms with Crippen LogP contribution in [0.1, 0.15) is 17.2 Å². The Morgan fingerprint density at radius 1 is 1.18 bits per heavy atom. The molecule has 28 heavy (non-hydrogen) atoms. The molecule has 0 aliphatic heterocycles. The monoisotopic (exact) mass is 381 g/mol. The number of carbonyl (C=O) groups excluding carboxylic acids is 1. The van der Waals surface area contributed by atoms with Gasteiger partial charge in [0.2, 0.25) is 0 Å². The molecule has 2 amide bonds. The van der Waals surface area contributed by atoms with Gasteiger partial charge < -0.3 is 20.1 Å². The van der Waals surface area contributed by atoms with Crippen molar-refractivity contribution < 1.29 is 9.18 Å². The fraction of sp³-hybridized carbons (Fsp3) is 0.238. The number of nitrogens with zero attached hydrogens (tertiary/aromatic N) is 3. The van der Waals surface area contributed by atoms with E-state index in [0.29, 0.717) is 13.1 Å². The van der Waals surface area contributed by atoms with Crippen LogP contribution in [0.5, 0.6) is 0 Å². The van der Waals surface area contributed by atoms with Crippen molar-refractivity contribution in [3.05, 3.63) is 84.2 Å². The first kappa shape index (κ1) is 19.6. The second-order valence-electron chi connectivity index (χ2n) is 6.70. The van der Waals surface area contributed by atoms with E-state index >= 15 is 0 Å². The zero-order valence-corrected chi connectivity index (χ0v) is 16.0. The molecule has 0 bridgehead atoms. The van der Waals surface area contributed by atoms with Crippen molar-refractivity contribution in [1.82, 2.24) is 25.1 Å². The molecule has 7 heteroatoms. The van der Waals surface area contributed by atoms with E-state index in [1.54, 1.807) is 18.6 Å². The lowest BCUT2D eigenvalue weighted by molar-refractivity contribution is 0.232. The first-order valence-corrected chi connectivity index (χ1v) is 9.04. The fourth-order valence-electron chi connectivity index (χ4n) is 3.05. The van der Waals surface area contributed by atoms with Crippen molar-refractivity contribution in [3.8, 4) is 5.69 Å². The third-order valence-electron chi connectivity index (χ3n) is 4.53. The Labute approximate surface area is 164 Å². The van der Waals surface area contributed by atoms with Crippen LogP contribution in [0.3, 0.4) is 0 Å². The summed E-state index contributed by atoms with van der Waals surface area (Å²) in [5.74, 6) is -0.287. The van der Waals surface area contributed by atoms with E-state index in [4.69, 9.17) is 0 Å². The molecule has 146 valence electrons. The number of likely N-dealkylation sites (N-methyl/N-ethyl adjacent to an activating group) is 1. The number of hydrogen-bond donors (Lipinski definition) is 2. The van der Waals surface area contributed by atoms with Crippen LogP contribution in [0.2, 0.25) is 0 Å². The maximum absolute atomic E-state index is 13.5. The van der Waals surface area contributed by atoms with E-state index in [2.05, 4.69) is 15.6 Å². The highest BCUT2D eigenvalue weighted by molar-refractivity contribution is 5.74. The second kappa shape index (κ2) is 9.14. The third kappa shape index (κ3) is 4.95. The van der Waals surface area contributed by atoms with Crippen molar-refractivity contribution in [2.45, 2.75) is 12.6 Å². The molecule has 0 saturated heterocycles. The minimum absolute atomic E-state index is 0.125. The molecular weight excluding hydrogens is 357 g/mol. The van der Waals surface area contributed by atoms with E-state index in [-0.39, 0.29) is 17.9 Å². The van der Waals surface area contributed by atoms with E-state index in [0.717, 1.165) is 16.8 Å². The van der Waals surface area contributed by atoms with Crippen LogP contribution in [-0.4, -0.2) is 41.1 Å². The highest BCUT2D eigenvalue weighted by Crippen LogP contribution is 2.18. The van der Waals surface area contributed by atoms with Crippen LogP contribution in [-0.2, 0) is 6.54 Å². The number of para-hydroxylation sites is 1. The van der Waals surface area contributed by atoms with E-state index in [9.17, 15) is 9.18 Å². The maximum atomic E-state index is 13.5. The number of rotatable bonds is 7. The Bertz CT molecular complexity index is 911. The van der Waals surface area contributed by atoms with Gasteiger partial charge in [0.05, 0.1) is 18.1 Å². The van der Waals surface area contributed by atoms with E-state index in [1.165, 1.54) is 12.1 Å². The van der Waals surface area contributed by atoms with E-state index in [1.807, 2.05) is 60.1 Å². The van der Waals surface area contributed by atoms with Gasteiger partial charge in [-0.15, -0.1) is 0 Å². The number of amides is 2. The predicted octanol–water partition coefficient (Wildman–Crippen LogP) is 3.11. The molecule has 1 aromatic heterocycles. The van der Waals surface area contributed by atoms with Gasteiger partial charge in [-0.1, -0.05) is 30.3 Å². The van der Waals surface area contributed by atoms with Gasteiger partial charge in [0.1, 0.15) is 5.82 Å². The minimum Gasteiger partial charge on any atom is -0.336 e. The van der Waals surface area contributed by atoms with Crippen LogP contribution < -0.4 is 10.6 Å². The van der Waals surface area contributed by atoms with Gasteiger partial charge >= 0.3 is 6.03 Å². The zero-order valence-electron chi connectivity index (χ0n) is 16.0. The summed E-state index contributed by atoms with van der Waals surface area (Å²) in [5.41, 5.74) is 2.76. The summed E-state index contributed by atoms with van der Waals surface area (Å²) < 4.78 is 15.4. The standard InChI is InChI=1S/C21H24FN5O/c1-26(2)20(16-7-5-8-18(22)12-16)14-25-21(28)24-13-17-6-3-4-9-19(17)27-11-10-23-15-27/h3-12,15,20H,13-14H2,1-2H3,(H2,24,25,28). The summed E-state index contributed by atoms with van der Waals surface area (Å²) in [6, 6.07) is 13.8. The van der Waals surface area contributed by atoms with Gasteiger partial charge in [0.15, 0.2) is 0 Å². The number of imidazole rings is 1. The minimum atomic E-state index is -0.287. The molecule has 3 aromatic rings. The molecule has 0 aliphatic rings. The number of hydrogen-bond acceptors (Lipinski definition) is 3. The number of carbonyl (C=O) groups is 1. The lowest BCUT2D eigenvalue weighted by Crippen LogP contribution is -2.40. The number of benzene rings is 2. The topological polar surface area (TPSA) is 62.2 Å². The number of aromatic nitrogens is 2. The Morgan fingerprint density at radius 3 is 2.71 bits per heavy atom. The Hall–Kier alpha value is -3.19. The molecular formula is C21H24FN5O. The average Bonchev–Trinajstić information content (AvgIpc) is 3.21. The van der Waals surface area contributed by atoms with Crippen molar-refractivity contribution >= 4 is 6.03 Å². The second-order valence-corrected chi connectivity index (χ2v) is 6.70. The van der Waals surface area contributed by atoms with Crippen LogP contribution >= 0.6 is 0 Å². The Balaban J connectivity index is 1.59. The number of nitrogens with one attached hydrogen (secondary N) is 2. The van der Waals surface area contributed by atoms with Crippen molar-refractivity contribution in [2.75, 3.05) is 20.6 Å². The van der Waals surface area contributed by atoms with Gasteiger partial charge in [-0.05, 0) is 43.4 Å². The molecule has 1 heterocycles. The summed E-state index contributed by atoms with van der Waals surface area (Å²) in [5, 5.41) is 5.76. The van der Waals surface area contributed by atoms with Gasteiger partial charge in [0.25, 0.3) is 0 Å². The molecule has 3 rings (SSSR count). The summed E-state index contributed by atoms with van der Waals surface area (Å²) >= 11 is 0. The molecule has 2 N–H and O–H groups in total. The van der Waals surface area contributed by atoms with Gasteiger partial charge in [-0.25, -0.2) is 14.2 Å². The molecule has 2 aromatic carbocycles. The molecule has 0 radical (unpaired) electrons. The van der Waals surface area contributed by atoms with Gasteiger partial charge in [0, 0.05) is 25.5 Å². The van der Waals surface area contributed by atoms with Crippen LogP contribution in [0.15, 0.2) is 67.3 Å². The molecule has 0 aliphatic carbocycles. The van der Waals surface area contributed by atoms with Crippen LogP contribution in [0, 0.1) is 5.82 Å². The first-order chi connectivity index (χ1) is 13.5. The highest BCUT2D eigenvalue weighted by Gasteiger charge is 2.16. The van der Waals surface area contributed by atoms with Crippen LogP contribution in [0.25, 0.3) is 5.69 Å². The third-order valence-corrected chi connectivity index (χ3v) is 4.53. The molecule has 6 nitrogen and oxygen atoms in total. The molecule has 0 spiro atoms. The fourth-order valence-corrected chi connectivity index (χ4v) is 3.05. The number of halogens is 1. The number of urea groups is 1. The first-order valence-electron chi connectivity index (χ1n) is 9.04. The summed E-state index contributed by atoms with van der Waals surface area (Å²) in [4.78, 5) is 18.3. The SMILES string of the molecule is CN(C)C(CNC(=O)NCc1ccccc1-n1ccnc1)c1cccc(F)c1. The normalized spacial score (nSPS) is 12.0. The summed E-state index contributed by atoms with van der Waals surface area (Å²) in [6.07, 6.45) is 5.30. The van der Waals surface area contributed by atoms with Crippen LogP contribution in [0.4, 0.5) is 9.18 Å². The lowest BCUT2D eigenvalue weighted by atomic mass is 10.1. The molecule has 1 atom stereocenters. The summed E-state index contributed by atoms with van der Waals surface area (Å²) in [6.45, 7) is 0.748. The lowest BCUT2D eigenvalue weighted by Gasteiger charge is -2.25. The smallest absolute Gasteiger partial charge is 0.315 e. The average molecular weight is 381 g/mol. The summed E-state index contributed by atoms with van der Waals surface area (Å²) in [7, 11) is 3.80. The van der Waals surface area contributed by atoms with E-state index < -0.39 is 0 Å². The van der Waals surface area contributed by atoms with Gasteiger partial charge in [-0.3, -0.25) is 0 Å². The molecule has 0 saturated carbocycles. The van der Waals surface area contributed by atoms with Crippen molar-refractivity contribution in [3.63, 3.8) is 0 Å². The molecule has 0 fully saturated rings. The maximum Gasteiger partial charge on any atom is 0.315 e. The quantitative estimate of drug-likeness (QED) is 0.661. The molecule has 1 unspecified atom stereocenters. The van der Waals surface area contributed by atoms with Crippen molar-refractivity contribution in [1.29, 1.82) is 0 Å². The predicted molar refractivity (Wildman–Crippen MR) is 107 cm³/mol. The Morgan fingerprint density at radius 2 is 2.00 bits per heavy atom. The zero-order chi connectivity index (χ0) is 19.9. The van der Waals surface area contributed by atoms with Gasteiger partial charge in [-0.2, -0.15) is 0 Å². The largest absolute Gasteiger partial charge is 0.336 e.